The van der Waals surface area contributed by atoms with Gasteiger partial charge in [-0.1, -0.05) is 18.7 Å². The Morgan fingerprint density at radius 2 is 2.25 bits per heavy atom. The number of H-pyrrole nitrogens is 1. The fraction of sp³-hybridized carbons (Fsp3) is 0.667. The van der Waals surface area contributed by atoms with Gasteiger partial charge in [0.15, 0.2) is 5.16 Å². The lowest BCUT2D eigenvalue weighted by Gasteiger charge is -2.21. The van der Waals surface area contributed by atoms with Crippen LogP contribution in [0.25, 0.3) is 0 Å². The second kappa shape index (κ2) is 4.73. The Balaban J connectivity index is 3.03. The van der Waals surface area contributed by atoms with E-state index in [2.05, 4.69) is 10.2 Å². The summed E-state index contributed by atoms with van der Waals surface area (Å²) in [4.78, 5) is 22.4. The van der Waals surface area contributed by atoms with Crippen LogP contribution in [0.15, 0.2) is 9.95 Å². The number of carboxylic acid groups (broad SMARTS) is 1. The van der Waals surface area contributed by atoms with E-state index in [1.807, 2.05) is 6.92 Å². The molecule has 0 aliphatic heterocycles. The second-order valence-electron chi connectivity index (χ2n) is 3.55. The Labute approximate surface area is 97.1 Å². The molecule has 0 fully saturated rings. The highest BCUT2D eigenvalue weighted by molar-refractivity contribution is 8.01. The number of aromatic amines is 1. The molecule has 1 unspecified atom stereocenters. The molecule has 0 bridgehead atoms. The first-order valence-corrected chi connectivity index (χ1v) is 5.84. The summed E-state index contributed by atoms with van der Waals surface area (Å²) in [5.74, 6) is -0.905. The van der Waals surface area contributed by atoms with E-state index in [9.17, 15) is 9.59 Å². The van der Waals surface area contributed by atoms with E-state index in [-0.39, 0.29) is 5.69 Å². The molecule has 2 N–H and O–H groups in total. The summed E-state index contributed by atoms with van der Waals surface area (Å²) < 4.78 is 0.458. The Kier molecular flexibility index (Phi) is 3.79. The van der Waals surface area contributed by atoms with Crippen molar-refractivity contribution in [3.05, 3.63) is 10.5 Å². The highest BCUT2D eigenvalue weighted by atomic mass is 32.2. The van der Waals surface area contributed by atoms with Crippen LogP contribution in [-0.4, -0.2) is 30.6 Å². The van der Waals surface area contributed by atoms with Crippen LogP contribution in [0.2, 0.25) is 0 Å². The van der Waals surface area contributed by atoms with Gasteiger partial charge in [-0.25, -0.2) is 9.89 Å². The molecular formula is C9H15N3O3S. The van der Waals surface area contributed by atoms with Gasteiger partial charge in [0.1, 0.15) is 4.75 Å². The van der Waals surface area contributed by atoms with Crippen LogP contribution in [0.5, 0.6) is 0 Å². The van der Waals surface area contributed by atoms with Gasteiger partial charge in [0.2, 0.25) is 0 Å². The Bertz CT molecular complexity index is 439. The lowest BCUT2D eigenvalue weighted by atomic mass is 10.1. The Morgan fingerprint density at radius 3 is 2.69 bits per heavy atom. The van der Waals surface area contributed by atoms with Crippen molar-refractivity contribution >= 4 is 17.7 Å². The molecule has 0 saturated carbocycles. The molecule has 90 valence electrons. The molecule has 1 aromatic heterocycles. The zero-order valence-electron chi connectivity index (χ0n) is 9.48. The maximum atomic E-state index is 11.3. The van der Waals surface area contributed by atoms with Crippen molar-refractivity contribution in [2.45, 2.75) is 43.6 Å². The van der Waals surface area contributed by atoms with Crippen molar-refractivity contribution in [3.63, 3.8) is 0 Å². The average Bonchev–Trinajstić information content (AvgIpc) is 2.58. The number of carbonyl (C=O) groups is 1. The number of rotatable bonds is 5. The summed E-state index contributed by atoms with van der Waals surface area (Å²) in [5.41, 5.74) is -0.311. The van der Waals surface area contributed by atoms with Gasteiger partial charge < -0.3 is 5.11 Å². The second-order valence-corrected chi connectivity index (χ2v) is 5.02. The van der Waals surface area contributed by atoms with Gasteiger partial charge in [-0.2, -0.15) is 0 Å². The van der Waals surface area contributed by atoms with Crippen LogP contribution >= 0.6 is 11.8 Å². The molecule has 1 rings (SSSR count). The monoisotopic (exact) mass is 245 g/mol. The van der Waals surface area contributed by atoms with Gasteiger partial charge in [0, 0.05) is 6.54 Å². The quantitative estimate of drug-likeness (QED) is 0.754. The smallest absolute Gasteiger partial charge is 0.343 e. The SMILES string of the molecule is CCn1c(SC(C)(CC)C(=O)O)n[nH]c1=O. The Morgan fingerprint density at radius 1 is 1.62 bits per heavy atom. The average molecular weight is 245 g/mol. The molecular weight excluding hydrogens is 230 g/mol. The van der Waals surface area contributed by atoms with Crippen molar-refractivity contribution in [2.24, 2.45) is 0 Å². The molecule has 0 spiro atoms. The molecule has 6 nitrogen and oxygen atoms in total. The van der Waals surface area contributed by atoms with Gasteiger partial charge in [-0.3, -0.25) is 9.36 Å². The van der Waals surface area contributed by atoms with Crippen molar-refractivity contribution in [1.29, 1.82) is 0 Å². The molecule has 0 aliphatic carbocycles. The summed E-state index contributed by atoms with van der Waals surface area (Å²) in [7, 11) is 0. The highest BCUT2D eigenvalue weighted by Gasteiger charge is 2.34. The van der Waals surface area contributed by atoms with Crippen LogP contribution in [0, 0.1) is 0 Å². The number of carboxylic acids is 1. The summed E-state index contributed by atoms with van der Waals surface area (Å²) >= 11 is 1.09. The van der Waals surface area contributed by atoms with Crippen LogP contribution in [0.3, 0.4) is 0 Å². The first-order chi connectivity index (χ1) is 7.44. The maximum Gasteiger partial charge on any atom is 0.343 e. The summed E-state index contributed by atoms with van der Waals surface area (Å²) in [6.07, 6.45) is 0.456. The first-order valence-electron chi connectivity index (χ1n) is 5.02. The third kappa shape index (κ3) is 2.29. The third-order valence-electron chi connectivity index (χ3n) is 2.48. The molecule has 16 heavy (non-hydrogen) atoms. The van der Waals surface area contributed by atoms with Crippen LogP contribution in [0.4, 0.5) is 0 Å². The van der Waals surface area contributed by atoms with E-state index in [0.29, 0.717) is 18.1 Å². The topological polar surface area (TPSA) is 88.0 Å². The van der Waals surface area contributed by atoms with E-state index in [0.717, 1.165) is 11.8 Å². The van der Waals surface area contributed by atoms with Crippen molar-refractivity contribution in [2.75, 3.05) is 0 Å². The van der Waals surface area contributed by atoms with Crippen molar-refractivity contribution in [3.8, 4) is 0 Å². The molecule has 7 heteroatoms. The maximum absolute atomic E-state index is 11.3. The molecule has 1 atom stereocenters. The predicted octanol–water partition coefficient (Wildman–Crippen LogP) is 0.937. The zero-order valence-corrected chi connectivity index (χ0v) is 10.3. The first kappa shape index (κ1) is 12.8. The molecule has 1 heterocycles. The number of nitrogens with one attached hydrogen (secondary N) is 1. The minimum atomic E-state index is -0.960. The molecule has 0 radical (unpaired) electrons. The van der Waals surface area contributed by atoms with Crippen LogP contribution in [0.1, 0.15) is 27.2 Å². The number of thioether (sulfide) groups is 1. The minimum Gasteiger partial charge on any atom is -0.480 e. The number of nitrogens with zero attached hydrogens (tertiary/aromatic N) is 2. The van der Waals surface area contributed by atoms with Gasteiger partial charge in [0.25, 0.3) is 0 Å². The number of aliphatic carboxylic acids is 1. The van der Waals surface area contributed by atoms with Crippen molar-refractivity contribution in [1.82, 2.24) is 14.8 Å². The fourth-order valence-corrected chi connectivity index (χ4v) is 2.18. The molecule has 0 saturated heterocycles. The zero-order chi connectivity index (χ0) is 12.3. The minimum absolute atomic E-state index is 0.311. The van der Waals surface area contributed by atoms with E-state index in [1.165, 1.54) is 4.57 Å². The summed E-state index contributed by atoms with van der Waals surface area (Å²) in [5, 5.41) is 15.7. The molecule has 0 amide bonds. The fourth-order valence-electron chi connectivity index (χ4n) is 1.13. The third-order valence-corrected chi connectivity index (χ3v) is 3.89. The highest BCUT2D eigenvalue weighted by Crippen LogP contribution is 2.33. The largest absolute Gasteiger partial charge is 0.480 e. The van der Waals surface area contributed by atoms with Crippen LogP contribution < -0.4 is 5.69 Å². The number of aromatic nitrogens is 3. The number of hydrogen-bond acceptors (Lipinski definition) is 4. The summed E-state index contributed by atoms with van der Waals surface area (Å²) in [6.45, 7) is 5.70. The van der Waals surface area contributed by atoms with E-state index >= 15 is 0 Å². The lowest BCUT2D eigenvalue weighted by Crippen LogP contribution is -2.31. The van der Waals surface area contributed by atoms with E-state index in [4.69, 9.17) is 5.11 Å². The van der Waals surface area contributed by atoms with Gasteiger partial charge in [0.05, 0.1) is 0 Å². The molecule has 0 aromatic carbocycles. The predicted molar refractivity (Wildman–Crippen MR) is 60.7 cm³/mol. The van der Waals surface area contributed by atoms with E-state index in [1.54, 1.807) is 13.8 Å². The Hall–Kier alpha value is -1.24. The van der Waals surface area contributed by atoms with Gasteiger partial charge in [-0.05, 0) is 20.3 Å². The van der Waals surface area contributed by atoms with Crippen molar-refractivity contribution < 1.29 is 9.90 Å². The summed E-state index contributed by atoms with van der Waals surface area (Å²) in [6, 6.07) is 0. The van der Waals surface area contributed by atoms with Gasteiger partial charge in [-0.15, -0.1) is 5.10 Å². The standard InChI is InChI=1S/C9H15N3O3S/c1-4-9(3,6(13)14)16-8-11-10-7(15)12(8)5-2/h4-5H2,1-3H3,(H,10,15)(H,13,14). The van der Waals surface area contributed by atoms with Crippen LogP contribution in [-0.2, 0) is 11.3 Å². The lowest BCUT2D eigenvalue weighted by molar-refractivity contribution is -0.139. The van der Waals surface area contributed by atoms with Gasteiger partial charge >= 0.3 is 11.7 Å². The normalized spacial score (nSPS) is 14.7. The van der Waals surface area contributed by atoms with E-state index < -0.39 is 10.7 Å². The number of hydrogen-bond donors (Lipinski definition) is 2. The molecule has 0 aliphatic rings. The molecule has 1 aromatic rings.